The molecule has 2 heterocycles. The van der Waals surface area contributed by atoms with Crippen molar-refractivity contribution in [3.63, 3.8) is 0 Å². The molecule has 0 aromatic heterocycles. The maximum Gasteiger partial charge on any atom is 0.200 e. The first-order valence-corrected chi connectivity index (χ1v) is 10.6. The number of hydrogen-bond donors (Lipinski definition) is 3. The summed E-state index contributed by atoms with van der Waals surface area (Å²) < 4.78 is 17.4. The van der Waals surface area contributed by atoms with Crippen LogP contribution in [-0.2, 0) is 4.74 Å². The second kappa shape index (κ2) is 9.29. The number of benzene rings is 2. The Kier molecular flexibility index (Phi) is 6.31. The number of ether oxygens (including phenoxy) is 3. The Balaban J connectivity index is 1.76. The largest absolute Gasteiger partial charge is 0.493 e. The van der Waals surface area contributed by atoms with Crippen molar-refractivity contribution >= 4 is 0 Å². The molecule has 1 saturated heterocycles. The van der Waals surface area contributed by atoms with Gasteiger partial charge in [0, 0.05) is 11.8 Å². The number of rotatable bonds is 7. The van der Waals surface area contributed by atoms with E-state index in [0.717, 1.165) is 24.0 Å². The van der Waals surface area contributed by atoms with Gasteiger partial charge in [0.25, 0.3) is 0 Å². The molecule has 0 bridgehead atoms. The number of methoxy groups -OCH3 is 1. The highest BCUT2D eigenvalue weighted by Crippen LogP contribution is 2.48. The van der Waals surface area contributed by atoms with Crippen LogP contribution in [0, 0.1) is 17.2 Å². The van der Waals surface area contributed by atoms with Crippen LogP contribution in [-0.4, -0.2) is 19.9 Å². The zero-order valence-electron chi connectivity index (χ0n) is 17.8. The molecule has 2 aliphatic rings. The number of nitriles is 1. The number of nitrogens with one attached hydrogen (secondary N) is 2. The van der Waals surface area contributed by atoms with Gasteiger partial charge in [-0.05, 0) is 29.7 Å². The van der Waals surface area contributed by atoms with Gasteiger partial charge in [-0.2, -0.15) is 5.26 Å². The van der Waals surface area contributed by atoms with Crippen molar-refractivity contribution in [2.75, 3.05) is 13.7 Å². The monoisotopic (exact) mass is 420 g/mol. The van der Waals surface area contributed by atoms with E-state index < -0.39 is 0 Å². The average Bonchev–Trinajstić information content (AvgIpc) is 3.22. The van der Waals surface area contributed by atoms with E-state index in [4.69, 9.17) is 19.9 Å². The summed E-state index contributed by atoms with van der Waals surface area (Å²) >= 11 is 0. The number of fused-ring (bicyclic) bond motifs is 1. The number of hydrogen-bond acceptors (Lipinski definition) is 7. The minimum atomic E-state index is -0.362. The van der Waals surface area contributed by atoms with Gasteiger partial charge in [0.05, 0.1) is 25.3 Å². The average molecular weight is 421 g/mol. The predicted octanol–water partition coefficient (Wildman–Crippen LogP) is 3.47. The van der Waals surface area contributed by atoms with Gasteiger partial charge < -0.3 is 19.9 Å². The number of unbranched alkanes of at least 4 members (excludes halogenated alkanes) is 1. The number of allylic oxidation sites excluding steroid dienone is 1. The molecule has 7 heteroatoms. The van der Waals surface area contributed by atoms with E-state index in [9.17, 15) is 5.26 Å². The third-order valence-corrected chi connectivity index (χ3v) is 5.91. The summed E-state index contributed by atoms with van der Waals surface area (Å²) in [5, 5.41) is 9.95. The first-order valence-electron chi connectivity index (χ1n) is 10.6. The van der Waals surface area contributed by atoms with E-state index in [0.29, 0.717) is 23.7 Å². The second-order valence-electron chi connectivity index (χ2n) is 7.77. The number of nitrogens with zero attached hydrogens (tertiary/aromatic N) is 1. The normalized spacial score (nSPS) is 24.8. The topological polar surface area (TPSA) is 102 Å². The molecule has 0 aliphatic carbocycles. The highest BCUT2D eigenvalue weighted by atomic mass is 16.5. The number of nitrogens with two attached hydrogens (primary N) is 1. The Labute approximate surface area is 182 Å². The molecule has 0 spiro atoms. The SMILES string of the molecule is CCCCOc1cc(C2C(C#N)=C(N)OC3NNC(c4ccccc4)C32)ccc1OC. The summed E-state index contributed by atoms with van der Waals surface area (Å²) in [7, 11) is 1.63. The van der Waals surface area contributed by atoms with E-state index in [1.165, 1.54) is 0 Å². The second-order valence-corrected chi connectivity index (χ2v) is 7.77. The van der Waals surface area contributed by atoms with Crippen LogP contribution < -0.4 is 26.1 Å². The lowest BCUT2D eigenvalue weighted by molar-refractivity contribution is 0.0340. The molecular weight excluding hydrogens is 392 g/mol. The van der Waals surface area contributed by atoms with Gasteiger partial charge in [-0.15, -0.1) is 0 Å². The van der Waals surface area contributed by atoms with Crippen molar-refractivity contribution in [3.8, 4) is 17.6 Å². The zero-order chi connectivity index (χ0) is 21.8. The maximum atomic E-state index is 9.95. The van der Waals surface area contributed by atoms with Crippen LogP contribution in [0.25, 0.3) is 0 Å². The van der Waals surface area contributed by atoms with Crippen molar-refractivity contribution < 1.29 is 14.2 Å². The van der Waals surface area contributed by atoms with E-state index in [1.54, 1.807) is 7.11 Å². The molecule has 31 heavy (non-hydrogen) atoms. The van der Waals surface area contributed by atoms with Gasteiger partial charge in [0.15, 0.2) is 17.7 Å². The van der Waals surface area contributed by atoms with Crippen LogP contribution in [0.3, 0.4) is 0 Å². The van der Waals surface area contributed by atoms with E-state index in [-0.39, 0.29) is 30.0 Å². The summed E-state index contributed by atoms with van der Waals surface area (Å²) in [4.78, 5) is 0. The standard InChI is InChI=1S/C24H28N4O3/c1-3-4-12-30-19-13-16(10-11-18(19)29-2)20-17(14-25)23(26)31-24-21(20)22(27-28-24)15-8-6-5-7-9-15/h5-11,13,20-22,24,27-28H,3-4,12,26H2,1-2H3. The van der Waals surface area contributed by atoms with E-state index in [2.05, 4.69) is 36.0 Å². The van der Waals surface area contributed by atoms with Gasteiger partial charge in [-0.1, -0.05) is 49.7 Å². The van der Waals surface area contributed by atoms with Crippen molar-refractivity contribution in [2.24, 2.45) is 11.7 Å². The van der Waals surface area contributed by atoms with Gasteiger partial charge in [0.1, 0.15) is 6.07 Å². The van der Waals surface area contributed by atoms with Crippen molar-refractivity contribution in [1.82, 2.24) is 10.9 Å². The zero-order valence-corrected chi connectivity index (χ0v) is 17.8. The first kappa shape index (κ1) is 21.0. The van der Waals surface area contributed by atoms with Gasteiger partial charge in [-0.3, -0.25) is 0 Å². The maximum absolute atomic E-state index is 9.95. The number of hydrazine groups is 1. The van der Waals surface area contributed by atoms with Crippen molar-refractivity contribution in [1.29, 1.82) is 5.26 Å². The Morgan fingerprint density at radius 3 is 2.61 bits per heavy atom. The summed E-state index contributed by atoms with van der Waals surface area (Å²) in [5.74, 6) is 1.14. The first-order chi connectivity index (χ1) is 15.2. The smallest absolute Gasteiger partial charge is 0.200 e. The quantitative estimate of drug-likeness (QED) is 0.590. The molecule has 162 valence electrons. The third-order valence-electron chi connectivity index (χ3n) is 5.91. The Morgan fingerprint density at radius 2 is 1.90 bits per heavy atom. The van der Waals surface area contributed by atoms with E-state index >= 15 is 0 Å². The fraction of sp³-hybridized carbons (Fsp3) is 0.375. The summed E-state index contributed by atoms with van der Waals surface area (Å²) in [6, 6.07) is 18.2. The Bertz CT molecular complexity index is 986. The fourth-order valence-electron chi connectivity index (χ4n) is 4.37. The summed E-state index contributed by atoms with van der Waals surface area (Å²) in [5.41, 5.74) is 15.2. The Morgan fingerprint density at radius 1 is 1.10 bits per heavy atom. The van der Waals surface area contributed by atoms with Gasteiger partial charge >= 0.3 is 0 Å². The molecule has 2 aliphatic heterocycles. The van der Waals surface area contributed by atoms with E-state index in [1.807, 2.05) is 36.4 Å². The van der Waals surface area contributed by atoms with Crippen LogP contribution in [0.15, 0.2) is 60.0 Å². The lowest BCUT2D eigenvalue weighted by Gasteiger charge is -2.36. The molecule has 0 saturated carbocycles. The summed E-state index contributed by atoms with van der Waals surface area (Å²) in [6.45, 7) is 2.73. The lowest BCUT2D eigenvalue weighted by Crippen LogP contribution is -2.41. The minimum absolute atomic E-state index is 0.0563. The Hall–Kier alpha value is -3.21. The molecule has 4 atom stereocenters. The molecule has 1 fully saturated rings. The molecule has 2 aromatic carbocycles. The molecule has 2 aromatic rings. The molecule has 0 radical (unpaired) electrons. The van der Waals surface area contributed by atoms with Crippen LogP contribution in [0.4, 0.5) is 0 Å². The van der Waals surface area contributed by atoms with Crippen LogP contribution >= 0.6 is 0 Å². The molecule has 4 unspecified atom stereocenters. The minimum Gasteiger partial charge on any atom is -0.493 e. The van der Waals surface area contributed by atoms with Crippen LogP contribution in [0.5, 0.6) is 11.5 Å². The molecule has 7 nitrogen and oxygen atoms in total. The van der Waals surface area contributed by atoms with Crippen LogP contribution in [0.2, 0.25) is 0 Å². The summed E-state index contributed by atoms with van der Waals surface area (Å²) in [6.07, 6.45) is 1.63. The van der Waals surface area contributed by atoms with Crippen molar-refractivity contribution in [2.45, 2.75) is 38.0 Å². The lowest BCUT2D eigenvalue weighted by atomic mass is 9.74. The molecule has 4 N–H and O–H groups in total. The molecular formula is C24H28N4O3. The predicted molar refractivity (Wildman–Crippen MR) is 117 cm³/mol. The highest BCUT2D eigenvalue weighted by molar-refractivity contribution is 5.49. The fourth-order valence-corrected chi connectivity index (χ4v) is 4.37. The van der Waals surface area contributed by atoms with Gasteiger partial charge in [-0.25, -0.2) is 10.9 Å². The molecule has 0 amide bonds. The molecule has 4 rings (SSSR count). The van der Waals surface area contributed by atoms with Crippen molar-refractivity contribution in [3.05, 3.63) is 71.1 Å². The highest BCUT2D eigenvalue weighted by Gasteiger charge is 2.49. The third kappa shape index (κ3) is 4.05. The van der Waals surface area contributed by atoms with Gasteiger partial charge in [0.2, 0.25) is 5.88 Å². The van der Waals surface area contributed by atoms with Crippen LogP contribution in [0.1, 0.15) is 42.9 Å².